The van der Waals surface area contributed by atoms with Crippen LogP contribution >= 0.6 is 0 Å². The molecule has 0 spiro atoms. The summed E-state index contributed by atoms with van der Waals surface area (Å²) < 4.78 is 11.3. The Bertz CT molecular complexity index is 644. The van der Waals surface area contributed by atoms with Crippen molar-refractivity contribution in [3.05, 3.63) is 12.2 Å². The molecule has 1 unspecified atom stereocenters. The number of fused-ring (bicyclic) bond motifs is 3. The first-order valence-corrected chi connectivity index (χ1v) is 9.58. The van der Waals surface area contributed by atoms with Crippen molar-refractivity contribution in [3.8, 4) is 0 Å². The van der Waals surface area contributed by atoms with E-state index in [9.17, 15) is 19.5 Å². The minimum absolute atomic E-state index is 0.111. The first-order chi connectivity index (χ1) is 12.7. The Morgan fingerprint density at radius 2 is 2.15 bits per heavy atom. The van der Waals surface area contributed by atoms with Gasteiger partial charge < -0.3 is 24.5 Å². The van der Waals surface area contributed by atoms with Gasteiger partial charge in [-0.05, 0) is 19.3 Å². The number of aldehydes is 1. The van der Waals surface area contributed by atoms with Crippen molar-refractivity contribution in [2.75, 3.05) is 6.61 Å². The fourth-order valence-corrected chi connectivity index (χ4v) is 5.37. The molecule has 7 nitrogen and oxygen atoms in total. The third-order valence-corrected chi connectivity index (χ3v) is 6.90. The molecule has 0 bridgehead atoms. The molecule has 0 radical (unpaired) electrons. The van der Waals surface area contributed by atoms with E-state index in [2.05, 4.69) is 6.58 Å². The Morgan fingerprint density at radius 1 is 1.44 bits per heavy atom. The molecular formula is C20H28O7. The van der Waals surface area contributed by atoms with Crippen LogP contribution in [0.1, 0.15) is 39.5 Å². The topological polar surface area (TPSA) is 110 Å². The zero-order chi connectivity index (χ0) is 19.9. The van der Waals surface area contributed by atoms with Gasteiger partial charge in [0.1, 0.15) is 18.5 Å². The molecule has 1 saturated heterocycles. The van der Waals surface area contributed by atoms with Crippen LogP contribution in [0.4, 0.5) is 0 Å². The van der Waals surface area contributed by atoms with Crippen molar-refractivity contribution in [1.82, 2.24) is 0 Å². The van der Waals surface area contributed by atoms with Gasteiger partial charge in [0, 0.05) is 41.8 Å². The lowest BCUT2D eigenvalue weighted by Crippen LogP contribution is -2.61. The average Bonchev–Trinajstić information content (AvgIpc) is 2.91. The zero-order valence-electron chi connectivity index (χ0n) is 15.8. The molecule has 2 aliphatic carbocycles. The molecule has 0 amide bonds. The summed E-state index contributed by atoms with van der Waals surface area (Å²) in [6.07, 6.45) is 0.534. The molecule has 150 valence electrons. The molecule has 0 aromatic rings. The van der Waals surface area contributed by atoms with Gasteiger partial charge in [-0.25, -0.2) is 4.79 Å². The molecule has 1 aliphatic heterocycles. The van der Waals surface area contributed by atoms with Gasteiger partial charge in [-0.1, -0.05) is 20.4 Å². The number of hydrogen-bond acceptors (Lipinski definition) is 7. The lowest BCUT2D eigenvalue weighted by atomic mass is 9.51. The van der Waals surface area contributed by atoms with E-state index < -0.39 is 35.6 Å². The number of aliphatic hydroxyl groups is 2. The summed E-state index contributed by atoms with van der Waals surface area (Å²) in [7, 11) is 0. The minimum atomic E-state index is -0.696. The maximum atomic E-state index is 12.4. The van der Waals surface area contributed by atoms with Crippen LogP contribution in [-0.2, 0) is 23.9 Å². The van der Waals surface area contributed by atoms with E-state index in [0.717, 1.165) is 6.29 Å². The highest BCUT2D eigenvalue weighted by Crippen LogP contribution is 2.58. The van der Waals surface area contributed by atoms with E-state index in [1.165, 1.54) is 0 Å². The van der Waals surface area contributed by atoms with Crippen LogP contribution in [0, 0.1) is 29.1 Å². The molecule has 8 atom stereocenters. The fourth-order valence-electron chi connectivity index (χ4n) is 5.37. The van der Waals surface area contributed by atoms with Crippen LogP contribution in [-0.4, -0.2) is 53.4 Å². The van der Waals surface area contributed by atoms with Gasteiger partial charge in [-0.2, -0.15) is 0 Å². The summed E-state index contributed by atoms with van der Waals surface area (Å²) >= 11 is 0. The number of aliphatic hydroxyl groups excluding tert-OH is 2. The van der Waals surface area contributed by atoms with Gasteiger partial charge in [0.25, 0.3) is 0 Å². The van der Waals surface area contributed by atoms with E-state index >= 15 is 0 Å². The van der Waals surface area contributed by atoms with E-state index in [1.54, 1.807) is 6.92 Å². The SMILES string of the molecule is C=C(CCO)C(=O)O[C@H]1C[C@]2(C)C([C@H](C=O)CC[C@H]2O)[C@H]2OC(=O)[C@@H](C)[C@H]12. The van der Waals surface area contributed by atoms with Crippen LogP contribution in [0.5, 0.6) is 0 Å². The number of rotatable bonds is 5. The summed E-state index contributed by atoms with van der Waals surface area (Å²) in [5.74, 6) is -2.41. The van der Waals surface area contributed by atoms with Crippen LogP contribution < -0.4 is 0 Å². The smallest absolute Gasteiger partial charge is 0.333 e. The molecular weight excluding hydrogens is 352 g/mol. The van der Waals surface area contributed by atoms with Crippen LogP contribution in [0.25, 0.3) is 0 Å². The maximum absolute atomic E-state index is 12.4. The summed E-state index contributed by atoms with van der Waals surface area (Å²) in [4.78, 5) is 36.4. The predicted octanol–water partition coefficient (Wildman–Crippen LogP) is 1.01. The van der Waals surface area contributed by atoms with E-state index in [0.29, 0.717) is 19.3 Å². The van der Waals surface area contributed by atoms with Crippen molar-refractivity contribution in [3.63, 3.8) is 0 Å². The third-order valence-electron chi connectivity index (χ3n) is 6.90. The molecule has 3 rings (SSSR count). The van der Waals surface area contributed by atoms with Crippen molar-refractivity contribution < 1.29 is 34.1 Å². The summed E-state index contributed by atoms with van der Waals surface area (Å²) in [6, 6.07) is 0. The van der Waals surface area contributed by atoms with Crippen molar-refractivity contribution in [1.29, 1.82) is 0 Å². The van der Waals surface area contributed by atoms with Gasteiger partial charge >= 0.3 is 11.9 Å². The Balaban J connectivity index is 1.94. The second-order valence-corrected chi connectivity index (χ2v) is 8.42. The molecule has 2 N–H and O–H groups in total. The van der Waals surface area contributed by atoms with Crippen LogP contribution in [0.15, 0.2) is 12.2 Å². The summed E-state index contributed by atoms with van der Waals surface area (Å²) in [5.41, 5.74) is -0.535. The molecule has 0 aromatic carbocycles. The second-order valence-electron chi connectivity index (χ2n) is 8.42. The van der Waals surface area contributed by atoms with Gasteiger partial charge in [-0.15, -0.1) is 0 Å². The zero-order valence-corrected chi connectivity index (χ0v) is 15.8. The highest BCUT2D eigenvalue weighted by molar-refractivity contribution is 5.88. The van der Waals surface area contributed by atoms with E-state index in [1.807, 2.05) is 6.92 Å². The third kappa shape index (κ3) is 3.21. The quantitative estimate of drug-likeness (QED) is 0.416. The number of hydrogen-bond donors (Lipinski definition) is 2. The summed E-state index contributed by atoms with van der Waals surface area (Å²) in [5, 5.41) is 19.7. The van der Waals surface area contributed by atoms with Crippen LogP contribution in [0.2, 0.25) is 0 Å². The molecule has 3 fully saturated rings. The molecule has 0 aromatic heterocycles. The molecule has 27 heavy (non-hydrogen) atoms. The van der Waals surface area contributed by atoms with Gasteiger partial charge in [0.05, 0.1) is 12.0 Å². The first-order valence-electron chi connectivity index (χ1n) is 9.58. The maximum Gasteiger partial charge on any atom is 0.333 e. The number of carbonyl (C=O) groups is 3. The van der Waals surface area contributed by atoms with E-state index in [4.69, 9.17) is 14.6 Å². The van der Waals surface area contributed by atoms with Crippen molar-refractivity contribution >= 4 is 18.2 Å². The van der Waals surface area contributed by atoms with Crippen molar-refractivity contribution in [2.24, 2.45) is 29.1 Å². The monoisotopic (exact) mass is 380 g/mol. The van der Waals surface area contributed by atoms with Gasteiger partial charge in [0.2, 0.25) is 0 Å². The Kier molecular flexibility index (Phi) is 5.45. The molecule has 3 aliphatic rings. The van der Waals surface area contributed by atoms with Gasteiger partial charge in [0.15, 0.2) is 0 Å². The fraction of sp³-hybridized carbons (Fsp3) is 0.750. The highest BCUT2D eigenvalue weighted by Gasteiger charge is 2.64. The van der Waals surface area contributed by atoms with Gasteiger partial charge in [-0.3, -0.25) is 4.79 Å². The highest BCUT2D eigenvalue weighted by atomic mass is 16.6. The Hall–Kier alpha value is -1.73. The number of esters is 2. The van der Waals surface area contributed by atoms with Crippen molar-refractivity contribution in [2.45, 2.75) is 57.8 Å². The molecule has 2 saturated carbocycles. The minimum Gasteiger partial charge on any atom is -0.461 e. The summed E-state index contributed by atoms with van der Waals surface area (Å²) in [6.45, 7) is 7.06. The number of ether oxygens (including phenoxy) is 2. The lowest BCUT2D eigenvalue weighted by Gasteiger charge is -2.55. The second kappa shape index (κ2) is 7.36. The first kappa shape index (κ1) is 20.0. The Morgan fingerprint density at radius 3 is 2.78 bits per heavy atom. The number of carbonyl (C=O) groups excluding carboxylic acids is 3. The largest absolute Gasteiger partial charge is 0.461 e. The molecule has 1 heterocycles. The van der Waals surface area contributed by atoms with E-state index in [-0.39, 0.29) is 42.3 Å². The normalized spacial score (nSPS) is 43.3. The standard InChI is InChI=1S/C20H28O7/c1-10(6-7-21)18(24)26-13-8-20(3)14(23)5-4-12(9-22)16(20)17-15(13)11(2)19(25)27-17/h9,11-17,21,23H,1,4-8H2,2-3H3/t11-,12-,13-,14+,15+,16?,17-,20-/m0/s1. The van der Waals surface area contributed by atoms with Crippen LogP contribution in [0.3, 0.4) is 0 Å². The Labute approximate surface area is 158 Å². The molecule has 7 heteroatoms. The lowest BCUT2D eigenvalue weighted by molar-refractivity contribution is -0.196. The predicted molar refractivity (Wildman–Crippen MR) is 94.3 cm³/mol. The average molecular weight is 380 g/mol.